The van der Waals surface area contributed by atoms with E-state index >= 15 is 0 Å². The number of amides is 4. The van der Waals surface area contributed by atoms with Gasteiger partial charge in [0.05, 0.1) is 43.4 Å². The third kappa shape index (κ3) is 6.75. The number of hydrogen-bond acceptors (Lipinski definition) is 7. The lowest BCUT2D eigenvalue weighted by Crippen LogP contribution is -2.65. The largest absolute Gasteiger partial charge is 0.481 e. The highest BCUT2D eigenvalue weighted by Gasteiger charge is 2.68. The molecule has 2 bridgehead atoms. The standard InChI is InChI=1S/C33H49BN4O7/c1-32(2)23-18-26(32)33(3)27(19-23)44-34(45-33)28(11-7-10-22-8-5-4-6-9-22)36-30(41)25(20-29(40)37-14-16-43-17-15-37)35-31(42)38-13-12-24(39)21-38/h4-6,8-9,23-28,39H,7,10-21H2,1-3H3,(H,35,42)(H,36,41)/t23-,24+,25+,26-,27+,28-,33-/m0/s1. The van der Waals surface area contributed by atoms with Crippen molar-refractivity contribution < 1.29 is 33.5 Å². The number of morpholine rings is 1. The van der Waals surface area contributed by atoms with E-state index in [0.717, 1.165) is 25.7 Å². The molecule has 6 aliphatic rings. The highest BCUT2D eigenvalue weighted by atomic mass is 16.7. The molecule has 7 rings (SSSR count). The number of aliphatic hydroxyl groups excluding tert-OH is 1. The van der Waals surface area contributed by atoms with Crippen LogP contribution in [0.15, 0.2) is 30.3 Å². The molecule has 1 aromatic rings. The van der Waals surface area contributed by atoms with Gasteiger partial charge in [-0.3, -0.25) is 9.59 Å². The zero-order chi connectivity index (χ0) is 31.8. The summed E-state index contributed by atoms with van der Waals surface area (Å²) in [5.74, 6) is -0.131. The minimum atomic E-state index is -1.09. The van der Waals surface area contributed by atoms with E-state index in [1.807, 2.05) is 18.2 Å². The Hall–Kier alpha value is -2.67. The SMILES string of the molecule is CC1(C)[C@@H]2C[C@H]3OB([C@H](CCCc4ccccc4)NC(=O)[C@@H](CC(=O)N4CCOCC4)NC(=O)N4CC[C@@H](O)C4)O[C@@]3(C)[C@H]1C2. The van der Waals surface area contributed by atoms with Gasteiger partial charge in [0.25, 0.3) is 0 Å². The van der Waals surface area contributed by atoms with Crippen molar-refractivity contribution in [2.75, 3.05) is 39.4 Å². The van der Waals surface area contributed by atoms with E-state index in [0.29, 0.717) is 57.5 Å². The average Bonchev–Trinajstić information content (AvgIpc) is 3.63. The van der Waals surface area contributed by atoms with E-state index in [9.17, 15) is 19.5 Å². The summed E-state index contributed by atoms with van der Waals surface area (Å²) < 4.78 is 18.8. The van der Waals surface area contributed by atoms with Gasteiger partial charge >= 0.3 is 13.1 Å². The molecule has 3 saturated carbocycles. The highest BCUT2D eigenvalue weighted by molar-refractivity contribution is 6.48. The smallest absolute Gasteiger partial charge is 0.404 e. The minimum absolute atomic E-state index is 0.0345. The van der Waals surface area contributed by atoms with E-state index < -0.39 is 42.7 Å². The molecule has 0 radical (unpaired) electrons. The van der Waals surface area contributed by atoms with E-state index in [4.69, 9.17) is 14.0 Å². The van der Waals surface area contributed by atoms with Crippen LogP contribution in [0.2, 0.25) is 0 Å². The number of nitrogens with one attached hydrogen (secondary N) is 2. The summed E-state index contributed by atoms with van der Waals surface area (Å²) in [5.41, 5.74) is 0.976. The van der Waals surface area contributed by atoms with Crippen LogP contribution in [0.25, 0.3) is 0 Å². The monoisotopic (exact) mass is 624 g/mol. The van der Waals surface area contributed by atoms with Gasteiger partial charge in [0.15, 0.2) is 0 Å². The second-order valence-electron chi connectivity index (χ2n) is 14.4. The molecule has 0 spiro atoms. The molecule has 3 aliphatic carbocycles. The maximum absolute atomic E-state index is 14.0. The van der Waals surface area contributed by atoms with Crippen LogP contribution in [-0.4, -0.2) is 109 Å². The van der Waals surface area contributed by atoms with Gasteiger partial charge < -0.3 is 39.6 Å². The number of likely N-dealkylation sites (tertiary alicyclic amines) is 1. The molecule has 12 heteroatoms. The van der Waals surface area contributed by atoms with E-state index in [2.05, 4.69) is 43.5 Å². The normalized spacial score (nSPS) is 31.5. The third-order valence-corrected chi connectivity index (χ3v) is 11.3. The number of aryl methyl sites for hydroxylation is 1. The van der Waals surface area contributed by atoms with Crippen LogP contribution in [0.5, 0.6) is 0 Å². The maximum Gasteiger partial charge on any atom is 0.481 e. The van der Waals surface area contributed by atoms with Crippen LogP contribution < -0.4 is 10.6 Å². The lowest BCUT2D eigenvalue weighted by molar-refractivity contribution is -0.199. The maximum atomic E-state index is 14.0. The van der Waals surface area contributed by atoms with Gasteiger partial charge in [-0.2, -0.15) is 0 Å². The molecule has 246 valence electrons. The molecule has 3 heterocycles. The molecular weight excluding hydrogens is 575 g/mol. The minimum Gasteiger partial charge on any atom is -0.404 e. The number of carbonyl (C=O) groups is 3. The Labute approximate surface area is 266 Å². The summed E-state index contributed by atoms with van der Waals surface area (Å²) in [7, 11) is -0.630. The predicted octanol–water partition coefficient (Wildman–Crippen LogP) is 2.16. The van der Waals surface area contributed by atoms with Crippen LogP contribution in [0.1, 0.15) is 64.9 Å². The van der Waals surface area contributed by atoms with Crippen molar-refractivity contribution in [3.8, 4) is 0 Å². The van der Waals surface area contributed by atoms with Gasteiger partial charge in [-0.25, -0.2) is 4.79 Å². The first kappa shape index (κ1) is 32.3. The number of nitrogens with zero attached hydrogens (tertiary/aromatic N) is 2. The Bertz CT molecular complexity index is 1210. The quantitative estimate of drug-likeness (QED) is 0.341. The lowest BCUT2D eigenvalue weighted by atomic mass is 9.43. The molecule has 0 unspecified atom stereocenters. The first-order chi connectivity index (χ1) is 21.5. The molecule has 3 saturated heterocycles. The van der Waals surface area contributed by atoms with Crippen LogP contribution in [0.3, 0.4) is 0 Å². The number of hydrogen-bond donors (Lipinski definition) is 3. The number of carbonyl (C=O) groups excluding carboxylic acids is 3. The fourth-order valence-electron chi connectivity index (χ4n) is 8.29. The number of aliphatic hydroxyl groups is 1. The van der Waals surface area contributed by atoms with Crippen molar-refractivity contribution in [3.63, 3.8) is 0 Å². The first-order valence-electron chi connectivity index (χ1n) is 16.8. The van der Waals surface area contributed by atoms with E-state index in [-0.39, 0.29) is 30.4 Å². The second-order valence-corrected chi connectivity index (χ2v) is 14.4. The van der Waals surface area contributed by atoms with Gasteiger partial charge in [0.2, 0.25) is 11.8 Å². The lowest BCUT2D eigenvalue weighted by Gasteiger charge is -2.64. The van der Waals surface area contributed by atoms with Gasteiger partial charge in [0.1, 0.15) is 6.04 Å². The fraction of sp³-hybridized carbons (Fsp3) is 0.727. The Morgan fingerprint density at radius 2 is 1.80 bits per heavy atom. The van der Waals surface area contributed by atoms with Gasteiger partial charge in [-0.05, 0) is 68.3 Å². The van der Waals surface area contributed by atoms with Crippen molar-refractivity contribution in [1.82, 2.24) is 20.4 Å². The number of benzene rings is 1. The fourth-order valence-corrected chi connectivity index (χ4v) is 8.29. The summed E-state index contributed by atoms with van der Waals surface area (Å²) >= 11 is 0. The molecule has 7 atom stereocenters. The summed E-state index contributed by atoms with van der Waals surface area (Å²) in [6.07, 6.45) is 4.00. The Balaban J connectivity index is 1.18. The van der Waals surface area contributed by atoms with E-state index in [1.165, 1.54) is 10.5 Å². The van der Waals surface area contributed by atoms with Gasteiger partial charge in [-0.15, -0.1) is 0 Å². The second kappa shape index (κ2) is 13.2. The van der Waals surface area contributed by atoms with Crippen LogP contribution in [0, 0.1) is 17.3 Å². The molecular formula is C33H49BN4O7. The van der Waals surface area contributed by atoms with E-state index in [1.54, 1.807) is 4.90 Å². The highest BCUT2D eigenvalue weighted by Crippen LogP contribution is 2.65. The molecule has 6 fully saturated rings. The van der Waals surface area contributed by atoms with Gasteiger partial charge in [0, 0.05) is 26.2 Å². The third-order valence-electron chi connectivity index (χ3n) is 11.3. The number of β-amino-alcohol motifs (C(OH)–C–C–N with tert-alkyl or cyclic N) is 1. The molecule has 11 nitrogen and oxygen atoms in total. The Morgan fingerprint density at radius 1 is 1.04 bits per heavy atom. The number of rotatable bonds is 10. The molecule has 4 amide bonds. The Kier molecular flexibility index (Phi) is 9.48. The zero-order valence-corrected chi connectivity index (χ0v) is 26.9. The summed E-state index contributed by atoms with van der Waals surface area (Å²) in [6, 6.07) is 8.68. The number of ether oxygens (including phenoxy) is 1. The molecule has 3 aliphatic heterocycles. The predicted molar refractivity (Wildman–Crippen MR) is 168 cm³/mol. The molecule has 45 heavy (non-hydrogen) atoms. The molecule has 1 aromatic carbocycles. The van der Waals surface area contributed by atoms with Crippen molar-refractivity contribution in [2.45, 2.75) is 95.5 Å². The number of urea groups is 1. The Morgan fingerprint density at radius 3 is 2.49 bits per heavy atom. The molecule has 3 N–H and O–H groups in total. The van der Waals surface area contributed by atoms with Crippen LogP contribution in [-0.2, 0) is 30.1 Å². The summed E-state index contributed by atoms with van der Waals surface area (Å²) in [6.45, 7) is 9.18. The van der Waals surface area contributed by atoms with Crippen molar-refractivity contribution in [2.24, 2.45) is 17.3 Å². The first-order valence-corrected chi connectivity index (χ1v) is 16.8. The topological polar surface area (TPSA) is 130 Å². The summed E-state index contributed by atoms with van der Waals surface area (Å²) in [4.78, 5) is 43.7. The van der Waals surface area contributed by atoms with Crippen molar-refractivity contribution >= 4 is 25.0 Å². The zero-order valence-electron chi connectivity index (χ0n) is 26.9. The molecule has 0 aromatic heterocycles. The van der Waals surface area contributed by atoms with Crippen LogP contribution >= 0.6 is 0 Å². The average molecular weight is 625 g/mol. The van der Waals surface area contributed by atoms with Crippen LogP contribution in [0.4, 0.5) is 4.79 Å². The van der Waals surface area contributed by atoms with Crippen molar-refractivity contribution in [1.29, 1.82) is 0 Å². The summed E-state index contributed by atoms with van der Waals surface area (Å²) in [5, 5.41) is 16.0. The van der Waals surface area contributed by atoms with Crippen molar-refractivity contribution in [3.05, 3.63) is 35.9 Å². The van der Waals surface area contributed by atoms with Gasteiger partial charge in [-0.1, -0.05) is 44.2 Å².